The highest BCUT2D eigenvalue weighted by atomic mass is 35.5. The van der Waals surface area contributed by atoms with E-state index in [4.69, 9.17) is 9.72 Å². The van der Waals surface area contributed by atoms with Crippen molar-refractivity contribution in [2.75, 3.05) is 44.3 Å². The normalized spacial score (nSPS) is 14.5. The van der Waals surface area contributed by atoms with Crippen molar-refractivity contribution in [2.24, 2.45) is 0 Å². The number of anilines is 1. The fourth-order valence-electron chi connectivity index (χ4n) is 4.18. The molecule has 0 aliphatic carbocycles. The molecule has 0 unspecified atom stereocenters. The number of morpholine rings is 1. The zero-order valence-corrected chi connectivity index (χ0v) is 20.7. The number of aromatic nitrogens is 3. The van der Waals surface area contributed by atoms with E-state index in [1.165, 1.54) is 5.56 Å². The smallest absolute Gasteiger partial charge is 0.279 e. The maximum atomic E-state index is 13.9. The molecule has 0 atom stereocenters. The van der Waals surface area contributed by atoms with Crippen LogP contribution in [0.2, 0.25) is 0 Å². The van der Waals surface area contributed by atoms with Gasteiger partial charge in [0.2, 0.25) is 0 Å². The van der Waals surface area contributed by atoms with Crippen molar-refractivity contribution in [3.05, 3.63) is 59.0 Å². The van der Waals surface area contributed by atoms with Gasteiger partial charge in [-0.1, -0.05) is 23.5 Å². The summed E-state index contributed by atoms with van der Waals surface area (Å²) in [5, 5.41) is 0.734. The van der Waals surface area contributed by atoms with Crippen LogP contribution in [0.3, 0.4) is 0 Å². The summed E-state index contributed by atoms with van der Waals surface area (Å²) >= 11 is 1.57. The number of fused-ring (bicyclic) bond motifs is 2. The first-order valence-corrected chi connectivity index (χ1v) is 11.8. The Balaban J connectivity index is 0.00000259. The van der Waals surface area contributed by atoms with Crippen LogP contribution < -0.4 is 4.90 Å². The summed E-state index contributed by atoms with van der Waals surface area (Å²) in [5.41, 5.74) is 5.44. The van der Waals surface area contributed by atoms with Crippen LogP contribution in [-0.2, 0) is 4.74 Å². The summed E-state index contributed by atoms with van der Waals surface area (Å²) in [6.07, 6.45) is 1.90. The van der Waals surface area contributed by atoms with E-state index in [-0.39, 0.29) is 18.3 Å². The zero-order valence-electron chi connectivity index (χ0n) is 19.1. The number of imidazole rings is 1. The Morgan fingerprint density at radius 3 is 2.70 bits per heavy atom. The van der Waals surface area contributed by atoms with Crippen molar-refractivity contribution >= 4 is 50.6 Å². The molecule has 0 radical (unpaired) electrons. The van der Waals surface area contributed by atoms with Crippen LogP contribution in [0.15, 0.2) is 36.5 Å². The molecular formula is C24H28ClN5O2S. The molecule has 0 N–H and O–H groups in total. The van der Waals surface area contributed by atoms with Crippen molar-refractivity contribution in [1.29, 1.82) is 0 Å². The van der Waals surface area contributed by atoms with Crippen LogP contribution in [0.5, 0.6) is 0 Å². The van der Waals surface area contributed by atoms with Gasteiger partial charge in [0, 0.05) is 32.4 Å². The number of halogens is 1. The average Bonchev–Trinajstić information content (AvgIpc) is 3.38. The van der Waals surface area contributed by atoms with E-state index >= 15 is 0 Å². The minimum absolute atomic E-state index is 0. The van der Waals surface area contributed by atoms with E-state index in [1.54, 1.807) is 11.3 Å². The monoisotopic (exact) mass is 485 g/mol. The number of thiazole rings is 1. The minimum atomic E-state index is -0.0668. The van der Waals surface area contributed by atoms with Crippen LogP contribution in [0.25, 0.3) is 15.9 Å². The van der Waals surface area contributed by atoms with Crippen molar-refractivity contribution in [3.63, 3.8) is 0 Å². The van der Waals surface area contributed by atoms with Crippen LogP contribution in [0.4, 0.5) is 5.13 Å². The van der Waals surface area contributed by atoms with E-state index in [0.29, 0.717) is 12.2 Å². The Hall–Kier alpha value is -2.52. The quantitative estimate of drug-likeness (QED) is 0.422. The van der Waals surface area contributed by atoms with Crippen LogP contribution in [-0.4, -0.2) is 64.6 Å². The fourth-order valence-corrected chi connectivity index (χ4v) is 5.23. The Bertz CT molecular complexity index is 1290. The SMILES string of the molecule is Cc1ccc2sc(N(CCN3CCOCC3)C(=O)c3c(C)nc4ccccn34)nc2c1C.Cl. The fraction of sp³-hybridized carbons (Fsp3) is 0.375. The Labute approximate surface area is 203 Å². The van der Waals surface area contributed by atoms with E-state index in [9.17, 15) is 4.79 Å². The van der Waals surface area contributed by atoms with Crippen LogP contribution in [0, 0.1) is 20.8 Å². The number of carbonyl (C=O) groups excluding carboxylic acids is 1. The maximum absolute atomic E-state index is 13.9. The molecule has 4 heterocycles. The second-order valence-electron chi connectivity index (χ2n) is 8.24. The lowest BCUT2D eigenvalue weighted by molar-refractivity contribution is 0.0391. The molecule has 4 aromatic rings. The van der Waals surface area contributed by atoms with Gasteiger partial charge in [-0.05, 0) is 50.1 Å². The molecule has 33 heavy (non-hydrogen) atoms. The second-order valence-corrected chi connectivity index (χ2v) is 9.25. The summed E-state index contributed by atoms with van der Waals surface area (Å²) < 4.78 is 8.46. The molecule has 7 nitrogen and oxygen atoms in total. The molecule has 9 heteroatoms. The number of amides is 1. The predicted molar refractivity (Wildman–Crippen MR) is 135 cm³/mol. The molecule has 0 bridgehead atoms. The van der Waals surface area contributed by atoms with Crippen LogP contribution >= 0.6 is 23.7 Å². The average molecular weight is 486 g/mol. The Morgan fingerprint density at radius 2 is 1.91 bits per heavy atom. The van der Waals surface area contributed by atoms with E-state index in [2.05, 4.69) is 35.9 Å². The van der Waals surface area contributed by atoms with Crippen molar-refractivity contribution < 1.29 is 9.53 Å². The highest BCUT2D eigenvalue weighted by molar-refractivity contribution is 7.22. The predicted octanol–water partition coefficient (Wildman–Crippen LogP) is 4.27. The first-order valence-electron chi connectivity index (χ1n) is 11.0. The van der Waals surface area contributed by atoms with Gasteiger partial charge in [-0.2, -0.15) is 0 Å². The summed E-state index contributed by atoms with van der Waals surface area (Å²) in [5.74, 6) is -0.0668. The standard InChI is InChI=1S/C24H27N5O2S.ClH/c1-16-7-8-19-21(17(16)2)26-24(32-19)29(11-10-27-12-14-31-15-13-27)23(30)22-18(3)25-20-6-4-5-9-28(20)22;/h4-9H,10-15H2,1-3H3;1H. The highest BCUT2D eigenvalue weighted by Crippen LogP contribution is 2.33. The molecule has 3 aromatic heterocycles. The minimum Gasteiger partial charge on any atom is -0.379 e. The lowest BCUT2D eigenvalue weighted by Crippen LogP contribution is -2.43. The summed E-state index contributed by atoms with van der Waals surface area (Å²) in [6, 6.07) is 10.0. The molecule has 5 rings (SSSR count). The maximum Gasteiger partial charge on any atom is 0.279 e. The number of pyridine rings is 1. The third kappa shape index (κ3) is 4.48. The van der Waals surface area contributed by atoms with Gasteiger partial charge < -0.3 is 4.74 Å². The molecule has 0 spiro atoms. The van der Waals surface area contributed by atoms with E-state index < -0.39 is 0 Å². The number of nitrogens with zero attached hydrogens (tertiary/aromatic N) is 5. The largest absolute Gasteiger partial charge is 0.379 e. The summed E-state index contributed by atoms with van der Waals surface area (Å²) in [4.78, 5) is 27.6. The summed E-state index contributed by atoms with van der Waals surface area (Å²) in [6.45, 7) is 10.7. The highest BCUT2D eigenvalue weighted by Gasteiger charge is 2.27. The molecule has 1 fully saturated rings. The topological polar surface area (TPSA) is 63.0 Å². The Morgan fingerprint density at radius 1 is 1.12 bits per heavy atom. The summed E-state index contributed by atoms with van der Waals surface area (Å²) in [7, 11) is 0. The molecule has 1 aliphatic rings. The van der Waals surface area contributed by atoms with Crippen molar-refractivity contribution in [2.45, 2.75) is 20.8 Å². The Kier molecular flexibility index (Phi) is 6.99. The van der Waals surface area contributed by atoms with Gasteiger partial charge in [0.1, 0.15) is 11.3 Å². The third-order valence-corrected chi connectivity index (χ3v) is 7.24. The second kappa shape index (κ2) is 9.77. The molecule has 1 aromatic carbocycles. The number of carbonyl (C=O) groups is 1. The van der Waals surface area contributed by atoms with Gasteiger partial charge in [-0.15, -0.1) is 12.4 Å². The van der Waals surface area contributed by atoms with Gasteiger partial charge in [-0.25, -0.2) is 9.97 Å². The van der Waals surface area contributed by atoms with Gasteiger partial charge in [0.05, 0.1) is 29.1 Å². The number of rotatable bonds is 5. The van der Waals surface area contributed by atoms with E-state index in [1.807, 2.05) is 40.6 Å². The first-order chi connectivity index (χ1) is 15.5. The molecule has 1 saturated heterocycles. The molecule has 174 valence electrons. The lowest BCUT2D eigenvalue weighted by Gasteiger charge is -2.29. The zero-order chi connectivity index (χ0) is 22.2. The van der Waals surface area contributed by atoms with E-state index in [0.717, 1.165) is 65.1 Å². The van der Waals surface area contributed by atoms with Crippen molar-refractivity contribution in [1.82, 2.24) is 19.3 Å². The third-order valence-electron chi connectivity index (χ3n) is 6.20. The molecule has 1 amide bonds. The number of aryl methyl sites for hydroxylation is 3. The molecule has 0 saturated carbocycles. The number of ether oxygens (including phenoxy) is 1. The van der Waals surface area contributed by atoms with Gasteiger partial charge in [-0.3, -0.25) is 19.0 Å². The number of hydrogen-bond donors (Lipinski definition) is 0. The first kappa shape index (κ1) is 23.6. The van der Waals surface area contributed by atoms with Gasteiger partial charge in [0.15, 0.2) is 5.13 Å². The number of hydrogen-bond acceptors (Lipinski definition) is 6. The molecule has 1 aliphatic heterocycles. The van der Waals surface area contributed by atoms with Gasteiger partial charge in [0.25, 0.3) is 5.91 Å². The van der Waals surface area contributed by atoms with Crippen molar-refractivity contribution in [3.8, 4) is 0 Å². The van der Waals surface area contributed by atoms with Crippen LogP contribution in [0.1, 0.15) is 27.3 Å². The molecular weight excluding hydrogens is 458 g/mol. The number of benzene rings is 1. The lowest BCUT2D eigenvalue weighted by atomic mass is 10.1. The van der Waals surface area contributed by atoms with Gasteiger partial charge >= 0.3 is 0 Å².